The summed E-state index contributed by atoms with van der Waals surface area (Å²) in [6, 6.07) is 0. The number of hydrogen-bond acceptors (Lipinski definition) is 3. The summed E-state index contributed by atoms with van der Waals surface area (Å²) in [7, 11) is 0. The molecule has 1 unspecified atom stereocenters. The quantitative estimate of drug-likeness (QED) is 0.846. The Labute approximate surface area is 114 Å². The molecule has 0 spiro atoms. The van der Waals surface area contributed by atoms with E-state index in [-0.39, 0.29) is 6.54 Å². The summed E-state index contributed by atoms with van der Waals surface area (Å²) in [5.74, 6) is 0. The number of aliphatic hydroxyl groups excluding tert-OH is 1. The molecule has 2 N–H and O–H groups in total. The van der Waals surface area contributed by atoms with Crippen LogP contribution in [0.15, 0.2) is 0 Å². The summed E-state index contributed by atoms with van der Waals surface area (Å²) in [5.41, 5.74) is 1.35. The number of rotatable bonds is 6. The van der Waals surface area contributed by atoms with Gasteiger partial charge in [-0.3, -0.25) is 4.68 Å². The molecule has 0 amide bonds. The highest BCUT2D eigenvalue weighted by molar-refractivity contribution is 6.31. The van der Waals surface area contributed by atoms with Crippen molar-refractivity contribution in [3.05, 3.63) is 16.4 Å². The molecule has 0 fully saturated rings. The van der Waals surface area contributed by atoms with Crippen LogP contribution in [0.3, 0.4) is 0 Å². The van der Waals surface area contributed by atoms with Gasteiger partial charge in [-0.2, -0.15) is 18.3 Å². The Bertz CT molecular complexity index is 420. The minimum Gasteiger partial charge on any atom is -0.382 e. The standard InChI is InChI=1S/C11H17ClF3N3O/c1-3-7-10(12)8(18(4-2)17-7)5-16-6-9(19)11(13,14)15/h9,16,19H,3-6H2,1-2H3. The lowest BCUT2D eigenvalue weighted by Gasteiger charge is -2.15. The lowest BCUT2D eigenvalue weighted by Crippen LogP contribution is -2.38. The van der Waals surface area contributed by atoms with Crippen LogP contribution in [0.2, 0.25) is 5.02 Å². The summed E-state index contributed by atoms with van der Waals surface area (Å²) in [5, 5.41) is 16.1. The van der Waals surface area contributed by atoms with Crippen LogP contribution < -0.4 is 5.32 Å². The first-order valence-electron chi connectivity index (χ1n) is 6.00. The lowest BCUT2D eigenvalue weighted by atomic mass is 10.3. The predicted molar refractivity (Wildman–Crippen MR) is 66.1 cm³/mol. The molecule has 0 aliphatic rings. The van der Waals surface area contributed by atoms with Crippen LogP contribution in [-0.2, 0) is 19.5 Å². The Morgan fingerprint density at radius 1 is 1.42 bits per heavy atom. The number of alkyl halides is 3. The fraction of sp³-hybridized carbons (Fsp3) is 0.727. The monoisotopic (exact) mass is 299 g/mol. The molecule has 1 heterocycles. The molecular weight excluding hydrogens is 283 g/mol. The summed E-state index contributed by atoms with van der Waals surface area (Å²) < 4.78 is 38.0. The van der Waals surface area contributed by atoms with Crippen LogP contribution in [0.4, 0.5) is 13.2 Å². The predicted octanol–water partition coefficient (Wildman–Crippen LogP) is 2.13. The molecular formula is C11H17ClF3N3O. The van der Waals surface area contributed by atoms with Crippen LogP contribution in [0.25, 0.3) is 0 Å². The lowest BCUT2D eigenvalue weighted by molar-refractivity contribution is -0.201. The highest BCUT2D eigenvalue weighted by Gasteiger charge is 2.37. The van der Waals surface area contributed by atoms with Gasteiger partial charge in [0.2, 0.25) is 0 Å². The van der Waals surface area contributed by atoms with Gasteiger partial charge in [0.05, 0.1) is 16.4 Å². The van der Waals surface area contributed by atoms with Gasteiger partial charge in [-0.15, -0.1) is 0 Å². The molecule has 0 saturated heterocycles. The van der Waals surface area contributed by atoms with Crippen molar-refractivity contribution in [1.82, 2.24) is 15.1 Å². The molecule has 110 valence electrons. The zero-order chi connectivity index (χ0) is 14.6. The van der Waals surface area contributed by atoms with Gasteiger partial charge in [-0.1, -0.05) is 18.5 Å². The molecule has 1 aromatic heterocycles. The fourth-order valence-corrected chi connectivity index (χ4v) is 1.96. The van der Waals surface area contributed by atoms with E-state index in [2.05, 4.69) is 10.4 Å². The minimum atomic E-state index is -4.61. The van der Waals surface area contributed by atoms with E-state index in [1.807, 2.05) is 13.8 Å². The summed E-state index contributed by atoms with van der Waals surface area (Å²) in [6.45, 7) is 3.91. The van der Waals surface area contributed by atoms with Crippen LogP contribution >= 0.6 is 11.6 Å². The second-order valence-corrected chi connectivity index (χ2v) is 4.44. The molecule has 0 aliphatic heterocycles. The molecule has 8 heteroatoms. The Hall–Kier alpha value is -0.790. The summed E-state index contributed by atoms with van der Waals surface area (Å²) in [6.07, 6.45) is -6.34. The Kier molecular flexibility index (Phi) is 5.64. The highest BCUT2D eigenvalue weighted by atomic mass is 35.5. The maximum absolute atomic E-state index is 12.1. The van der Waals surface area contributed by atoms with Crippen molar-refractivity contribution in [3.63, 3.8) is 0 Å². The Balaban J connectivity index is 2.65. The number of aliphatic hydroxyl groups is 1. The topological polar surface area (TPSA) is 50.1 Å². The number of halogens is 4. The largest absolute Gasteiger partial charge is 0.415 e. The molecule has 0 bridgehead atoms. The molecule has 0 radical (unpaired) electrons. The Morgan fingerprint density at radius 3 is 2.53 bits per heavy atom. The normalized spacial score (nSPS) is 13.8. The zero-order valence-electron chi connectivity index (χ0n) is 10.8. The third-order valence-corrected chi connectivity index (χ3v) is 3.14. The number of nitrogens with one attached hydrogen (secondary N) is 1. The molecule has 0 aromatic carbocycles. The van der Waals surface area contributed by atoms with Crippen LogP contribution in [0, 0.1) is 0 Å². The van der Waals surface area contributed by atoms with E-state index < -0.39 is 18.8 Å². The van der Waals surface area contributed by atoms with Gasteiger partial charge in [0.15, 0.2) is 6.10 Å². The van der Waals surface area contributed by atoms with Gasteiger partial charge >= 0.3 is 6.18 Å². The molecule has 1 aromatic rings. The fourth-order valence-electron chi connectivity index (χ4n) is 1.63. The van der Waals surface area contributed by atoms with E-state index in [9.17, 15) is 13.2 Å². The Morgan fingerprint density at radius 2 is 2.05 bits per heavy atom. The summed E-state index contributed by atoms with van der Waals surface area (Å²) >= 11 is 6.11. The van der Waals surface area contributed by atoms with Crippen molar-refractivity contribution >= 4 is 11.6 Å². The third-order valence-electron chi connectivity index (χ3n) is 2.70. The van der Waals surface area contributed by atoms with Crippen molar-refractivity contribution in [2.75, 3.05) is 6.54 Å². The van der Waals surface area contributed by atoms with Gasteiger partial charge in [-0.25, -0.2) is 0 Å². The van der Waals surface area contributed by atoms with Crippen LogP contribution in [0.1, 0.15) is 25.2 Å². The highest BCUT2D eigenvalue weighted by Crippen LogP contribution is 2.22. The maximum atomic E-state index is 12.1. The van der Waals surface area contributed by atoms with Gasteiger partial charge in [-0.05, 0) is 13.3 Å². The average molecular weight is 300 g/mol. The first kappa shape index (κ1) is 16.3. The first-order chi connectivity index (χ1) is 8.81. The van der Waals surface area contributed by atoms with E-state index in [1.54, 1.807) is 4.68 Å². The molecule has 19 heavy (non-hydrogen) atoms. The molecule has 0 aliphatic carbocycles. The van der Waals surface area contributed by atoms with E-state index in [0.29, 0.717) is 23.7 Å². The minimum absolute atomic E-state index is 0.132. The van der Waals surface area contributed by atoms with Gasteiger partial charge in [0.1, 0.15) is 0 Å². The molecule has 0 saturated carbocycles. The molecule has 1 rings (SSSR count). The summed E-state index contributed by atoms with van der Waals surface area (Å²) in [4.78, 5) is 0. The van der Waals surface area contributed by atoms with Gasteiger partial charge in [0.25, 0.3) is 0 Å². The number of hydrogen-bond donors (Lipinski definition) is 2. The SMILES string of the molecule is CCc1nn(CC)c(CNCC(O)C(F)(F)F)c1Cl. The van der Waals surface area contributed by atoms with E-state index in [0.717, 1.165) is 5.69 Å². The van der Waals surface area contributed by atoms with Crippen molar-refractivity contribution in [3.8, 4) is 0 Å². The van der Waals surface area contributed by atoms with Crippen molar-refractivity contribution in [2.24, 2.45) is 0 Å². The smallest absolute Gasteiger partial charge is 0.382 e. The van der Waals surface area contributed by atoms with Crippen LogP contribution in [-0.4, -0.2) is 33.7 Å². The molecule has 1 atom stereocenters. The van der Waals surface area contributed by atoms with Crippen molar-refractivity contribution in [2.45, 2.75) is 45.6 Å². The molecule has 4 nitrogen and oxygen atoms in total. The first-order valence-corrected chi connectivity index (χ1v) is 6.38. The van der Waals surface area contributed by atoms with Gasteiger partial charge in [0, 0.05) is 19.6 Å². The van der Waals surface area contributed by atoms with Crippen molar-refractivity contribution < 1.29 is 18.3 Å². The van der Waals surface area contributed by atoms with E-state index in [4.69, 9.17) is 16.7 Å². The average Bonchev–Trinajstić information content (AvgIpc) is 2.64. The maximum Gasteiger partial charge on any atom is 0.415 e. The second-order valence-electron chi connectivity index (χ2n) is 4.06. The number of aromatic nitrogens is 2. The van der Waals surface area contributed by atoms with Crippen LogP contribution in [0.5, 0.6) is 0 Å². The third kappa shape index (κ3) is 4.09. The van der Waals surface area contributed by atoms with E-state index in [1.165, 1.54) is 0 Å². The van der Waals surface area contributed by atoms with Gasteiger partial charge < -0.3 is 10.4 Å². The second kappa shape index (κ2) is 6.58. The van der Waals surface area contributed by atoms with Crippen molar-refractivity contribution in [1.29, 1.82) is 0 Å². The number of aryl methyl sites for hydroxylation is 2. The van der Waals surface area contributed by atoms with E-state index >= 15 is 0 Å². The zero-order valence-corrected chi connectivity index (χ0v) is 11.5. The number of nitrogens with zero attached hydrogens (tertiary/aromatic N) is 2.